The highest BCUT2D eigenvalue weighted by atomic mass is 16.5. The number of hydrogen-bond acceptors (Lipinski definition) is 2. The maximum absolute atomic E-state index is 6.03. The zero-order valence-corrected chi connectivity index (χ0v) is 22.1. The molecule has 0 amide bonds. The van der Waals surface area contributed by atoms with Gasteiger partial charge in [0.2, 0.25) is 0 Å². The molecule has 4 aliphatic carbocycles. The molecule has 2 nitrogen and oxygen atoms in total. The molecule has 0 bridgehead atoms. The Hall–Kier alpha value is -0.660. The normalized spacial score (nSPS) is 43.2. The van der Waals surface area contributed by atoms with Crippen molar-refractivity contribution in [1.29, 1.82) is 0 Å². The van der Waals surface area contributed by atoms with Gasteiger partial charge in [0, 0.05) is 13.1 Å². The van der Waals surface area contributed by atoms with Crippen LogP contribution < -0.4 is 0 Å². The molecule has 4 fully saturated rings. The van der Waals surface area contributed by atoms with Crippen molar-refractivity contribution in [2.75, 3.05) is 19.7 Å². The second kappa shape index (κ2) is 9.91. The minimum atomic E-state index is 0.590. The van der Waals surface area contributed by atoms with Crippen LogP contribution in [0.1, 0.15) is 112 Å². The average Bonchev–Trinajstić information content (AvgIpc) is 3.13. The zero-order chi connectivity index (χ0) is 22.9. The Balaban J connectivity index is 1.38. The van der Waals surface area contributed by atoms with Crippen molar-refractivity contribution in [2.24, 2.45) is 46.3 Å². The van der Waals surface area contributed by atoms with Crippen molar-refractivity contribution in [3.63, 3.8) is 0 Å². The Kier molecular flexibility index (Phi) is 7.58. The molecule has 0 N–H and O–H groups in total. The molecule has 0 spiro atoms. The molecular weight excluding hydrogens is 390 g/mol. The van der Waals surface area contributed by atoms with E-state index in [1.54, 1.807) is 6.42 Å². The zero-order valence-electron chi connectivity index (χ0n) is 22.1. The van der Waals surface area contributed by atoms with E-state index in [1.807, 2.05) is 0 Å². The van der Waals surface area contributed by atoms with Crippen LogP contribution in [0.2, 0.25) is 0 Å². The monoisotopic (exact) mass is 443 g/mol. The maximum Gasteiger partial charge on any atom is 0.181 e. The molecular formula is C30H53NO. The summed E-state index contributed by atoms with van der Waals surface area (Å²) in [5.74, 6) is 6.84. The minimum absolute atomic E-state index is 0.590. The molecule has 6 unspecified atom stereocenters. The molecule has 32 heavy (non-hydrogen) atoms. The van der Waals surface area contributed by atoms with Crippen LogP contribution in [0.15, 0.2) is 12.5 Å². The lowest BCUT2D eigenvalue weighted by Gasteiger charge is -2.62. The third-order valence-electron chi connectivity index (χ3n) is 11.6. The van der Waals surface area contributed by atoms with Crippen LogP contribution in [-0.4, -0.2) is 24.6 Å². The van der Waals surface area contributed by atoms with E-state index in [0.717, 1.165) is 61.1 Å². The van der Waals surface area contributed by atoms with Crippen molar-refractivity contribution in [1.82, 2.24) is 4.90 Å². The molecule has 0 aromatic rings. The summed E-state index contributed by atoms with van der Waals surface area (Å²) in [6.45, 7) is 19.3. The summed E-state index contributed by atoms with van der Waals surface area (Å²) in [5, 5.41) is 0. The topological polar surface area (TPSA) is 12.5 Å². The lowest BCUT2D eigenvalue weighted by Crippen LogP contribution is -2.55. The summed E-state index contributed by atoms with van der Waals surface area (Å²) >= 11 is 0. The fraction of sp³-hybridized carbons (Fsp3) is 0.933. The quantitative estimate of drug-likeness (QED) is 0.262. The van der Waals surface area contributed by atoms with Crippen LogP contribution in [0, 0.1) is 46.3 Å². The van der Waals surface area contributed by atoms with Crippen LogP contribution >= 0.6 is 0 Å². The van der Waals surface area contributed by atoms with E-state index in [0.29, 0.717) is 10.8 Å². The minimum Gasteiger partial charge on any atom is -0.479 e. The molecule has 4 rings (SSSR count). The first-order valence-electron chi connectivity index (χ1n) is 14.5. The fourth-order valence-corrected chi connectivity index (χ4v) is 9.79. The molecule has 0 saturated heterocycles. The molecule has 4 aliphatic rings. The molecule has 0 aromatic heterocycles. The Morgan fingerprint density at radius 2 is 1.66 bits per heavy atom. The van der Waals surface area contributed by atoms with Gasteiger partial charge in [-0.05, 0) is 125 Å². The largest absolute Gasteiger partial charge is 0.479 e. The van der Waals surface area contributed by atoms with Gasteiger partial charge in [0.15, 0.2) is 5.88 Å². The number of hydrogen-bond donors (Lipinski definition) is 0. The van der Waals surface area contributed by atoms with E-state index in [4.69, 9.17) is 4.74 Å². The molecule has 4 saturated carbocycles. The third-order valence-corrected chi connectivity index (χ3v) is 11.6. The summed E-state index contributed by atoms with van der Waals surface area (Å²) in [5.41, 5.74) is 1.24. The van der Waals surface area contributed by atoms with Crippen molar-refractivity contribution in [3.05, 3.63) is 12.5 Å². The number of rotatable bonds is 9. The molecule has 0 radical (unpaired) electrons. The highest BCUT2D eigenvalue weighted by molar-refractivity contribution is 5.10. The summed E-state index contributed by atoms with van der Waals surface area (Å²) < 4.78 is 6.03. The predicted molar refractivity (Wildman–Crippen MR) is 136 cm³/mol. The molecule has 2 heteroatoms. The van der Waals surface area contributed by atoms with Gasteiger partial charge in [-0.15, -0.1) is 0 Å². The Labute approximate surface area is 199 Å². The number of fused-ring (bicyclic) bond motifs is 5. The second-order valence-corrected chi connectivity index (χ2v) is 12.5. The first-order chi connectivity index (χ1) is 15.4. The van der Waals surface area contributed by atoms with Crippen LogP contribution in [0.3, 0.4) is 0 Å². The van der Waals surface area contributed by atoms with Crippen LogP contribution in [0.5, 0.6) is 0 Å². The van der Waals surface area contributed by atoms with E-state index in [1.165, 1.54) is 70.6 Å². The van der Waals surface area contributed by atoms with Gasteiger partial charge in [-0.1, -0.05) is 40.0 Å². The van der Waals surface area contributed by atoms with Crippen molar-refractivity contribution < 1.29 is 4.74 Å². The smallest absolute Gasteiger partial charge is 0.181 e. The third kappa shape index (κ3) is 4.15. The number of nitrogens with zero attached hydrogens (tertiary/aromatic N) is 1. The van der Waals surface area contributed by atoms with Gasteiger partial charge in [0.25, 0.3) is 0 Å². The summed E-state index contributed by atoms with van der Waals surface area (Å²) in [7, 11) is 0. The van der Waals surface area contributed by atoms with E-state index in [-0.39, 0.29) is 0 Å². The second-order valence-electron chi connectivity index (χ2n) is 12.5. The van der Waals surface area contributed by atoms with Gasteiger partial charge >= 0.3 is 0 Å². The maximum atomic E-state index is 6.03. The molecule has 184 valence electrons. The number of ether oxygens (including phenoxy) is 1. The van der Waals surface area contributed by atoms with Crippen LogP contribution in [0.4, 0.5) is 0 Å². The first kappa shape index (κ1) is 24.5. The van der Waals surface area contributed by atoms with Gasteiger partial charge < -0.3 is 9.64 Å². The van der Waals surface area contributed by atoms with E-state index in [9.17, 15) is 0 Å². The molecule has 0 aliphatic heterocycles. The van der Waals surface area contributed by atoms with Gasteiger partial charge in [0.1, 0.15) is 0 Å². The van der Waals surface area contributed by atoms with E-state index < -0.39 is 0 Å². The Morgan fingerprint density at radius 1 is 0.906 bits per heavy atom. The molecule has 0 aromatic carbocycles. The highest BCUT2D eigenvalue weighted by Crippen LogP contribution is 2.69. The Bertz CT molecular complexity index is 641. The van der Waals surface area contributed by atoms with Gasteiger partial charge in [0.05, 0.1) is 6.61 Å². The Morgan fingerprint density at radius 3 is 2.38 bits per heavy atom. The summed E-state index contributed by atoms with van der Waals surface area (Å²) in [6.07, 6.45) is 17.6. The first-order valence-corrected chi connectivity index (χ1v) is 14.5. The summed E-state index contributed by atoms with van der Waals surface area (Å²) in [4.78, 5) is 2.22. The van der Waals surface area contributed by atoms with E-state index in [2.05, 4.69) is 46.1 Å². The van der Waals surface area contributed by atoms with E-state index >= 15 is 0 Å². The van der Waals surface area contributed by atoms with Crippen molar-refractivity contribution >= 4 is 0 Å². The SMILES string of the molecule is C=C(OCCCC1CCC2C3C[C@H](CC)C4CCCCC4(C)[C@H]3CCC12C)N(CC)CC. The highest BCUT2D eigenvalue weighted by Gasteiger charge is 2.60. The molecule has 0 heterocycles. The average molecular weight is 444 g/mol. The van der Waals surface area contributed by atoms with Gasteiger partial charge in [-0.2, -0.15) is 0 Å². The van der Waals surface area contributed by atoms with Crippen molar-refractivity contribution in [3.8, 4) is 0 Å². The van der Waals surface area contributed by atoms with Gasteiger partial charge in [-0.3, -0.25) is 0 Å². The lowest BCUT2D eigenvalue weighted by molar-refractivity contribution is -0.136. The fourth-order valence-electron chi connectivity index (χ4n) is 9.79. The van der Waals surface area contributed by atoms with Crippen LogP contribution in [-0.2, 0) is 4.74 Å². The summed E-state index contributed by atoms with van der Waals surface area (Å²) in [6, 6.07) is 0. The van der Waals surface area contributed by atoms with Gasteiger partial charge in [-0.25, -0.2) is 0 Å². The predicted octanol–water partition coefficient (Wildman–Crippen LogP) is 8.28. The standard InChI is InChI=1S/C30H53NO/c1-7-23-21-25-27-16-15-24(13-12-20-32-22(4)31(8-2)9-3)29(27,5)19-17-28(25)30(6)18-11-10-14-26(23)30/h23-28H,4,7-21H2,1-3,5-6H3/t23-,24?,25?,26?,27?,28-,29?,30?/m0/s1. The lowest BCUT2D eigenvalue weighted by atomic mass is 9.42. The van der Waals surface area contributed by atoms with Crippen molar-refractivity contribution in [2.45, 2.75) is 112 Å². The molecule has 8 atom stereocenters. The van der Waals surface area contributed by atoms with Crippen LogP contribution in [0.25, 0.3) is 0 Å².